The largest absolute Gasteiger partial charge is 0.387 e. The summed E-state index contributed by atoms with van der Waals surface area (Å²) in [7, 11) is -1.82. The minimum atomic E-state index is -3.53. The molecule has 7 heteroatoms. The van der Waals surface area contributed by atoms with Crippen molar-refractivity contribution in [2.45, 2.75) is 35.3 Å². The summed E-state index contributed by atoms with van der Waals surface area (Å²) >= 11 is 1.77. The fourth-order valence-electron chi connectivity index (χ4n) is 2.58. The van der Waals surface area contributed by atoms with Crippen molar-refractivity contribution in [1.82, 2.24) is 9.71 Å². The van der Waals surface area contributed by atoms with E-state index in [4.69, 9.17) is 0 Å². The van der Waals surface area contributed by atoms with Crippen molar-refractivity contribution >= 4 is 27.5 Å². The molecule has 0 unspecified atom stereocenters. The second kappa shape index (κ2) is 6.32. The Bertz CT molecular complexity index is 554. The normalized spacial score (nSPS) is 18.1. The molecule has 0 atom stereocenters. The number of nitrogens with zero attached hydrogens (tertiary/aromatic N) is 1. The Morgan fingerprint density at radius 2 is 2.10 bits per heavy atom. The van der Waals surface area contributed by atoms with Crippen LogP contribution in [-0.4, -0.2) is 38.0 Å². The quantitative estimate of drug-likeness (QED) is 0.841. The summed E-state index contributed by atoms with van der Waals surface area (Å²) in [5.74, 6) is 0. The third kappa shape index (κ3) is 3.27. The van der Waals surface area contributed by atoms with E-state index in [-0.39, 0.29) is 9.64 Å². The molecule has 0 bridgehead atoms. The number of sulfonamides is 1. The van der Waals surface area contributed by atoms with Crippen molar-refractivity contribution < 1.29 is 8.42 Å². The zero-order chi connectivity index (χ0) is 14.6. The van der Waals surface area contributed by atoms with E-state index >= 15 is 0 Å². The van der Waals surface area contributed by atoms with E-state index < -0.39 is 10.0 Å². The number of thioether (sulfide) groups is 1. The van der Waals surface area contributed by atoms with Gasteiger partial charge in [0.25, 0.3) is 0 Å². The molecule has 1 saturated carbocycles. The van der Waals surface area contributed by atoms with Gasteiger partial charge < -0.3 is 5.32 Å². The molecule has 1 aliphatic carbocycles. The van der Waals surface area contributed by atoms with Crippen LogP contribution in [0.5, 0.6) is 0 Å². The molecule has 2 N–H and O–H groups in total. The summed E-state index contributed by atoms with van der Waals surface area (Å²) in [5.41, 5.74) is 0.567. The monoisotopic (exact) mass is 315 g/mol. The Balaban J connectivity index is 2.15. The molecular formula is C13H21N3O2S2. The predicted molar refractivity (Wildman–Crippen MR) is 83.7 cm³/mol. The first-order valence-corrected chi connectivity index (χ1v) is 9.40. The van der Waals surface area contributed by atoms with Gasteiger partial charge in [-0.25, -0.2) is 13.1 Å². The van der Waals surface area contributed by atoms with E-state index in [0.29, 0.717) is 12.2 Å². The lowest BCUT2D eigenvalue weighted by atomic mass is 10.1. The lowest BCUT2D eigenvalue weighted by Crippen LogP contribution is -2.38. The van der Waals surface area contributed by atoms with Gasteiger partial charge in [0.15, 0.2) is 0 Å². The molecular weight excluding hydrogens is 294 g/mol. The van der Waals surface area contributed by atoms with Gasteiger partial charge in [-0.2, -0.15) is 11.8 Å². The second-order valence-electron chi connectivity index (χ2n) is 5.04. The van der Waals surface area contributed by atoms with Gasteiger partial charge in [-0.15, -0.1) is 0 Å². The smallest absolute Gasteiger partial charge is 0.244 e. The number of nitrogens with one attached hydrogen (secondary N) is 2. The van der Waals surface area contributed by atoms with Crippen molar-refractivity contribution in [3.8, 4) is 0 Å². The summed E-state index contributed by atoms with van der Waals surface area (Å²) in [5, 5.41) is 2.89. The lowest BCUT2D eigenvalue weighted by molar-refractivity contribution is 0.551. The molecule has 20 heavy (non-hydrogen) atoms. The topological polar surface area (TPSA) is 71.1 Å². The van der Waals surface area contributed by atoms with Gasteiger partial charge >= 0.3 is 0 Å². The Morgan fingerprint density at radius 3 is 2.70 bits per heavy atom. The van der Waals surface area contributed by atoms with Crippen LogP contribution in [0.3, 0.4) is 0 Å². The molecule has 1 aliphatic rings. The van der Waals surface area contributed by atoms with Crippen LogP contribution in [0.15, 0.2) is 23.4 Å². The molecule has 1 aromatic heterocycles. The summed E-state index contributed by atoms with van der Waals surface area (Å²) in [6.45, 7) is 0.481. The van der Waals surface area contributed by atoms with Crippen molar-refractivity contribution in [1.29, 1.82) is 0 Å². The van der Waals surface area contributed by atoms with Gasteiger partial charge in [0, 0.05) is 30.7 Å². The molecule has 0 aliphatic heterocycles. The van der Waals surface area contributed by atoms with Crippen molar-refractivity contribution in [2.75, 3.05) is 25.2 Å². The maximum absolute atomic E-state index is 12.4. The van der Waals surface area contributed by atoms with Gasteiger partial charge in [0.1, 0.15) is 4.90 Å². The lowest BCUT2D eigenvalue weighted by Gasteiger charge is -2.27. The standard InChI is InChI=1S/C13H21N3O2S2/c1-14-11-5-8-15-9-12(11)20(17,18)16-10-13(19-2)6-3-4-7-13/h5,8-9,16H,3-4,6-7,10H2,1-2H3,(H,14,15). The van der Waals surface area contributed by atoms with Crippen LogP contribution < -0.4 is 10.0 Å². The highest BCUT2D eigenvalue weighted by molar-refractivity contribution is 8.00. The van der Waals surface area contributed by atoms with Crippen molar-refractivity contribution in [3.05, 3.63) is 18.5 Å². The number of aromatic nitrogens is 1. The highest BCUT2D eigenvalue weighted by atomic mass is 32.2. The Kier molecular flexibility index (Phi) is 4.93. The van der Waals surface area contributed by atoms with Gasteiger partial charge in [-0.1, -0.05) is 12.8 Å². The van der Waals surface area contributed by atoms with Gasteiger partial charge in [0.05, 0.1) is 5.69 Å². The molecule has 0 amide bonds. The molecule has 1 heterocycles. The van der Waals surface area contributed by atoms with Gasteiger partial charge in [0.2, 0.25) is 10.0 Å². The highest BCUT2D eigenvalue weighted by Crippen LogP contribution is 2.39. The van der Waals surface area contributed by atoms with Gasteiger partial charge in [-0.3, -0.25) is 4.98 Å². The number of hydrogen-bond acceptors (Lipinski definition) is 5. The van der Waals surface area contributed by atoms with Crippen LogP contribution in [0.25, 0.3) is 0 Å². The average molecular weight is 315 g/mol. The van der Waals surface area contributed by atoms with E-state index in [1.807, 2.05) is 0 Å². The zero-order valence-electron chi connectivity index (χ0n) is 11.8. The van der Waals surface area contributed by atoms with E-state index in [1.165, 1.54) is 19.0 Å². The van der Waals surface area contributed by atoms with E-state index in [9.17, 15) is 8.42 Å². The number of anilines is 1. The molecule has 2 rings (SSSR count). The van der Waals surface area contributed by atoms with E-state index in [0.717, 1.165) is 12.8 Å². The Labute approximate surface area is 125 Å². The number of pyridine rings is 1. The molecule has 0 radical (unpaired) electrons. The molecule has 112 valence electrons. The van der Waals surface area contributed by atoms with Crippen LogP contribution in [-0.2, 0) is 10.0 Å². The van der Waals surface area contributed by atoms with Crippen LogP contribution in [0.4, 0.5) is 5.69 Å². The average Bonchev–Trinajstić information content (AvgIpc) is 2.95. The molecule has 0 saturated heterocycles. The molecule has 1 aromatic rings. The Hall–Kier alpha value is -0.790. The summed E-state index contributed by atoms with van der Waals surface area (Å²) < 4.78 is 27.7. The minimum absolute atomic E-state index is 0.0507. The molecule has 1 fully saturated rings. The first-order valence-electron chi connectivity index (χ1n) is 6.70. The maximum atomic E-state index is 12.4. The molecule has 0 aromatic carbocycles. The van der Waals surface area contributed by atoms with Crippen molar-refractivity contribution in [2.24, 2.45) is 0 Å². The van der Waals surface area contributed by atoms with Crippen molar-refractivity contribution in [3.63, 3.8) is 0 Å². The fourth-order valence-corrected chi connectivity index (χ4v) is 4.86. The Morgan fingerprint density at radius 1 is 1.40 bits per heavy atom. The third-order valence-corrected chi connectivity index (χ3v) is 6.72. The zero-order valence-corrected chi connectivity index (χ0v) is 13.5. The van der Waals surface area contributed by atoms with Crippen LogP contribution in [0.2, 0.25) is 0 Å². The fraction of sp³-hybridized carbons (Fsp3) is 0.615. The number of hydrogen-bond donors (Lipinski definition) is 2. The highest BCUT2D eigenvalue weighted by Gasteiger charge is 2.34. The molecule has 5 nitrogen and oxygen atoms in total. The maximum Gasteiger partial charge on any atom is 0.244 e. The number of rotatable bonds is 6. The van der Waals surface area contributed by atoms with Crippen LogP contribution in [0, 0.1) is 0 Å². The van der Waals surface area contributed by atoms with E-state index in [2.05, 4.69) is 21.3 Å². The summed E-state index contributed by atoms with van der Waals surface area (Å²) in [6, 6.07) is 1.66. The minimum Gasteiger partial charge on any atom is -0.387 e. The third-order valence-electron chi connectivity index (χ3n) is 3.88. The summed E-state index contributed by atoms with van der Waals surface area (Å²) in [6.07, 6.45) is 9.52. The predicted octanol–water partition coefficient (Wildman–Crippen LogP) is 2.08. The van der Waals surface area contributed by atoms with E-state index in [1.54, 1.807) is 31.1 Å². The first-order chi connectivity index (χ1) is 9.53. The SMILES string of the molecule is CNc1ccncc1S(=O)(=O)NCC1(SC)CCCC1. The summed E-state index contributed by atoms with van der Waals surface area (Å²) in [4.78, 5) is 4.12. The van der Waals surface area contributed by atoms with Gasteiger partial charge in [-0.05, 0) is 25.2 Å². The first kappa shape index (κ1) is 15.6. The van der Waals surface area contributed by atoms with Crippen LogP contribution >= 0.6 is 11.8 Å². The van der Waals surface area contributed by atoms with Crippen LogP contribution in [0.1, 0.15) is 25.7 Å². The second-order valence-corrected chi connectivity index (χ2v) is 8.05. The molecule has 0 spiro atoms.